The summed E-state index contributed by atoms with van der Waals surface area (Å²) < 4.78 is 109. The first-order chi connectivity index (χ1) is 23.5. The number of anilines is 1. The minimum Gasteiger partial charge on any atom is -0.493 e. The maximum Gasteiger partial charge on any atom is 0.416 e. The van der Waals surface area contributed by atoms with Crippen molar-refractivity contribution in [1.29, 1.82) is 0 Å². The van der Waals surface area contributed by atoms with Gasteiger partial charge < -0.3 is 14.4 Å². The molecule has 6 rings (SSSR count). The van der Waals surface area contributed by atoms with Crippen molar-refractivity contribution in [2.45, 2.75) is 65.2 Å². The third-order valence-corrected chi connectivity index (χ3v) is 9.32. The molecule has 13 heteroatoms. The number of hydrogen-bond acceptors (Lipinski definition) is 5. The molecule has 0 saturated carbocycles. The van der Waals surface area contributed by atoms with E-state index in [4.69, 9.17) is 14.5 Å². The van der Waals surface area contributed by atoms with Gasteiger partial charge in [-0.25, -0.2) is 14.2 Å². The van der Waals surface area contributed by atoms with Crippen molar-refractivity contribution in [3.05, 3.63) is 99.5 Å². The van der Waals surface area contributed by atoms with E-state index in [0.717, 1.165) is 36.2 Å². The van der Waals surface area contributed by atoms with Crippen LogP contribution in [0.4, 0.5) is 41.3 Å². The first-order valence-corrected chi connectivity index (χ1v) is 15.9. The zero-order valence-corrected chi connectivity index (χ0v) is 27.9. The summed E-state index contributed by atoms with van der Waals surface area (Å²) in [6, 6.07) is 11.0. The Hall–Kier alpha value is -4.81. The predicted molar refractivity (Wildman–Crippen MR) is 173 cm³/mol. The van der Waals surface area contributed by atoms with E-state index < -0.39 is 53.1 Å². The standard InChI is InChI=1S/C37H34F7N3O3/c1-19-7-8-27(20(2)11-19)23-15-28(34(49-5)29(38)16-23)32-21(3)12-31(46-9-6-10-46)45-30(32)18-47-22(4)33(50-35(47)48)24-13-25(36(39,40)41)17-26(14-24)37(42,43)44/h7-8,11-17,22,33H,6,9-10,18H2,1-5H3/t22-,33?/m0/s1. The van der Waals surface area contributed by atoms with Crippen molar-refractivity contribution in [3.8, 4) is 28.0 Å². The van der Waals surface area contributed by atoms with Gasteiger partial charge in [-0.15, -0.1) is 0 Å². The van der Waals surface area contributed by atoms with Gasteiger partial charge in [0.25, 0.3) is 0 Å². The van der Waals surface area contributed by atoms with Crippen molar-refractivity contribution in [2.75, 3.05) is 25.1 Å². The number of ether oxygens (including phenoxy) is 2. The Bertz CT molecular complexity index is 1940. The van der Waals surface area contributed by atoms with Crippen molar-refractivity contribution in [3.63, 3.8) is 0 Å². The van der Waals surface area contributed by atoms with Crippen LogP contribution < -0.4 is 9.64 Å². The van der Waals surface area contributed by atoms with E-state index in [2.05, 4.69) is 0 Å². The van der Waals surface area contributed by atoms with Crippen LogP contribution in [0.3, 0.4) is 0 Å². The summed E-state index contributed by atoms with van der Waals surface area (Å²) in [5.41, 5.74) is 1.71. The van der Waals surface area contributed by atoms with E-state index in [1.54, 1.807) is 6.07 Å². The third-order valence-electron chi connectivity index (χ3n) is 9.32. The fourth-order valence-electron chi connectivity index (χ4n) is 6.65. The van der Waals surface area contributed by atoms with Crippen molar-refractivity contribution < 1.29 is 45.0 Å². The lowest BCUT2D eigenvalue weighted by atomic mass is 9.91. The molecule has 0 radical (unpaired) electrons. The molecule has 3 heterocycles. The SMILES string of the molecule is COc1c(F)cc(-c2ccc(C)cc2C)cc1-c1c(C)cc(N2CCC2)nc1CN1C(=O)OC(c2cc(C(F)(F)F)cc(C(F)(F)F)c2)[C@@H]1C. The summed E-state index contributed by atoms with van der Waals surface area (Å²) in [6.45, 7) is 8.42. The number of cyclic esters (lactones) is 1. The molecule has 0 bridgehead atoms. The van der Waals surface area contributed by atoms with Crippen LogP contribution >= 0.6 is 0 Å². The third kappa shape index (κ3) is 6.57. The van der Waals surface area contributed by atoms with Crippen molar-refractivity contribution in [2.24, 2.45) is 0 Å². The molecule has 1 amide bonds. The minimum absolute atomic E-state index is 0.0295. The number of methoxy groups -OCH3 is 1. The van der Waals surface area contributed by atoms with Crippen molar-refractivity contribution in [1.82, 2.24) is 9.88 Å². The maximum absolute atomic E-state index is 15.8. The molecule has 0 aliphatic carbocycles. The Morgan fingerprint density at radius 3 is 2.10 bits per heavy atom. The summed E-state index contributed by atoms with van der Waals surface area (Å²) in [5, 5.41) is 0. The number of rotatable bonds is 7. The number of aryl methyl sites for hydroxylation is 3. The number of hydrogen-bond donors (Lipinski definition) is 0. The quantitative estimate of drug-likeness (QED) is 0.180. The van der Waals surface area contributed by atoms with Crippen LogP contribution in [0.2, 0.25) is 0 Å². The number of amides is 1. The van der Waals surface area contributed by atoms with Gasteiger partial charge in [-0.05, 0) is 98.3 Å². The summed E-state index contributed by atoms with van der Waals surface area (Å²) in [5.74, 6) is -0.0713. The van der Waals surface area contributed by atoms with Gasteiger partial charge in [0.15, 0.2) is 11.6 Å². The average Bonchev–Trinajstić information content (AvgIpc) is 3.27. The molecule has 3 aromatic carbocycles. The fourth-order valence-corrected chi connectivity index (χ4v) is 6.65. The highest BCUT2D eigenvalue weighted by molar-refractivity contribution is 5.83. The van der Waals surface area contributed by atoms with Gasteiger partial charge in [-0.2, -0.15) is 26.3 Å². The average molecular weight is 702 g/mol. The van der Waals surface area contributed by atoms with E-state index in [-0.39, 0.29) is 18.4 Å². The number of carbonyl (C=O) groups is 1. The molecule has 0 N–H and O–H groups in total. The molecule has 50 heavy (non-hydrogen) atoms. The topological polar surface area (TPSA) is 54.9 Å². The van der Waals surface area contributed by atoms with Gasteiger partial charge in [-0.3, -0.25) is 4.90 Å². The van der Waals surface area contributed by atoms with Gasteiger partial charge in [0, 0.05) is 24.2 Å². The zero-order valence-electron chi connectivity index (χ0n) is 27.9. The lowest BCUT2D eigenvalue weighted by Crippen LogP contribution is -2.38. The molecule has 2 fully saturated rings. The van der Waals surface area contributed by atoms with Crippen LogP contribution in [0, 0.1) is 26.6 Å². The molecular weight excluding hydrogens is 667 g/mol. The Labute approximate surface area is 284 Å². The van der Waals surface area contributed by atoms with E-state index in [1.807, 2.05) is 49.9 Å². The molecule has 4 aromatic rings. The zero-order chi connectivity index (χ0) is 36.3. The number of halogens is 7. The summed E-state index contributed by atoms with van der Waals surface area (Å²) in [7, 11) is 1.34. The highest BCUT2D eigenvalue weighted by Gasteiger charge is 2.44. The van der Waals surface area contributed by atoms with Crippen LogP contribution in [0.1, 0.15) is 58.5 Å². The highest BCUT2D eigenvalue weighted by atomic mass is 19.4. The van der Waals surface area contributed by atoms with Gasteiger partial charge in [0.1, 0.15) is 11.9 Å². The van der Waals surface area contributed by atoms with Crippen molar-refractivity contribution >= 4 is 11.9 Å². The monoisotopic (exact) mass is 701 g/mol. The second-order valence-corrected chi connectivity index (χ2v) is 12.8. The van der Waals surface area contributed by atoms with E-state index >= 15 is 4.39 Å². The summed E-state index contributed by atoms with van der Waals surface area (Å²) in [6.07, 6.45) is -11.6. The number of nitrogens with zero attached hydrogens (tertiary/aromatic N) is 3. The van der Waals surface area contributed by atoms with E-state index in [0.29, 0.717) is 45.9 Å². The second kappa shape index (κ2) is 12.8. The second-order valence-electron chi connectivity index (χ2n) is 12.8. The largest absolute Gasteiger partial charge is 0.493 e. The number of aromatic nitrogens is 1. The molecule has 2 aliphatic rings. The molecule has 0 spiro atoms. The highest BCUT2D eigenvalue weighted by Crippen LogP contribution is 2.44. The lowest BCUT2D eigenvalue weighted by molar-refractivity contribution is -0.143. The smallest absolute Gasteiger partial charge is 0.416 e. The van der Waals surface area contributed by atoms with Crippen LogP contribution in [0.15, 0.2) is 54.6 Å². The fraction of sp³-hybridized carbons (Fsp3) is 0.351. The number of benzene rings is 3. The normalized spacial score (nSPS) is 18.0. The number of pyridine rings is 1. The van der Waals surface area contributed by atoms with E-state index in [1.165, 1.54) is 25.0 Å². The summed E-state index contributed by atoms with van der Waals surface area (Å²) >= 11 is 0. The van der Waals surface area contributed by atoms with Crippen LogP contribution in [-0.2, 0) is 23.6 Å². The van der Waals surface area contributed by atoms with Gasteiger partial charge in [0.05, 0.1) is 36.5 Å². The first kappa shape index (κ1) is 35.0. The number of carbonyl (C=O) groups excluding carboxylic acids is 1. The Morgan fingerprint density at radius 1 is 0.880 bits per heavy atom. The van der Waals surface area contributed by atoms with Crippen LogP contribution in [0.5, 0.6) is 5.75 Å². The Morgan fingerprint density at radius 2 is 1.54 bits per heavy atom. The predicted octanol–water partition coefficient (Wildman–Crippen LogP) is 9.82. The molecule has 1 aromatic heterocycles. The molecule has 2 atom stereocenters. The maximum atomic E-state index is 15.8. The van der Waals surface area contributed by atoms with Gasteiger partial charge in [-0.1, -0.05) is 23.8 Å². The lowest BCUT2D eigenvalue weighted by Gasteiger charge is -2.33. The molecule has 2 saturated heterocycles. The Balaban J connectivity index is 1.46. The first-order valence-electron chi connectivity index (χ1n) is 15.9. The van der Waals surface area contributed by atoms with E-state index in [9.17, 15) is 31.1 Å². The molecule has 1 unspecified atom stereocenters. The van der Waals surface area contributed by atoms with Gasteiger partial charge >= 0.3 is 18.4 Å². The minimum atomic E-state index is -5.07. The van der Waals surface area contributed by atoms with Crippen LogP contribution in [-0.4, -0.2) is 42.2 Å². The molecule has 264 valence electrons. The van der Waals surface area contributed by atoms with Gasteiger partial charge in [0.2, 0.25) is 0 Å². The molecule has 2 aliphatic heterocycles. The summed E-state index contributed by atoms with van der Waals surface area (Å²) in [4.78, 5) is 21.5. The Kier molecular flexibility index (Phi) is 8.98. The molecular formula is C37H34F7N3O3. The molecule has 6 nitrogen and oxygen atoms in total. The number of alkyl halides is 6. The van der Waals surface area contributed by atoms with Crippen LogP contribution in [0.25, 0.3) is 22.3 Å².